The number of amides is 1. The number of hydrogen-bond acceptors (Lipinski definition) is 5. The fourth-order valence-corrected chi connectivity index (χ4v) is 3.46. The number of ether oxygens (including phenoxy) is 1. The molecule has 0 bridgehead atoms. The van der Waals surface area contributed by atoms with Crippen molar-refractivity contribution in [2.24, 2.45) is 0 Å². The number of nitrogens with zero attached hydrogens (tertiary/aromatic N) is 4. The maximum absolute atomic E-state index is 12.5. The van der Waals surface area contributed by atoms with Gasteiger partial charge in [0.1, 0.15) is 17.4 Å². The lowest BCUT2D eigenvalue weighted by molar-refractivity contribution is -0.126. The lowest BCUT2D eigenvalue weighted by atomic mass is 10.2. The van der Waals surface area contributed by atoms with Gasteiger partial charge in [-0.25, -0.2) is 4.98 Å². The molecule has 0 N–H and O–H groups in total. The summed E-state index contributed by atoms with van der Waals surface area (Å²) in [5.74, 6) is 2.78. The third-order valence-electron chi connectivity index (χ3n) is 5.18. The highest BCUT2D eigenvalue weighted by Gasteiger charge is 2.21. The van der Waals surface area contributed by atoms with Crippen molar-refractivity contribution >= 4 is 17.8 Å². The Morgan fingerprint density at radius 1 is 0.935 bits per heavy atom. The number of anilines is 1. The summed E-state index contributed by atoms with van der Waals surface area (Å²) >= 11 is 0. The Kier molecular flexibility index (Phi) is 6.26. The van der Waals surface area contributed by atoms with Crippen LogP contribution in [-0.4, -0.2) is 47.0 Å². The van der Waals surface area contributed by atoms with Crippen LogP contribution < -0.4 is 9.64 Å². The summed E-state index contributed by atoms with van der Waals surface area (Å²) in [5.41, 5.74) is 2.20. The molecule has 1 aliphatic heterocycles. The van der Waals surface area contributed by atoms with Gasteiger partial charge in [-0.15, -0.1) is 0 Å². The highest BCUT2D eigenvalue weighted by atomic mass is 16.5. The Balaban J connectivity index is 1.38. The fourth-order valence-electron chi connectivity index (χ4n) is 3.46. The van der Waals surface area contributed by atoms with E-state index in [1.807, 2.05) is 85.5 Å². The molecule has 1 aromatic heterocycles. The molecule has 158 valence electrons. The third-order valence-corrected chi connectivity index (χ3v) is 5.18. The number of piperazine rings is 1. The van der Waals surface area contributed by atoms with Crippen molar-refractivity contribution in [2.75, 3.05) is 31.1 Å². The minimum Gasteiger partial charge on any atom is -0.439 e. The predicted octanol–water partition coefficient (Wildman–Crippen LogP) is 4.25. The molecule has 6 nitrogen and oxygen atoms in total. The lowest BCUT2D eigenvalue weighted by Gasteiger charge is -2.35. The summed E-state index contributed by atoms with van der Waals surface area (Å²) < 4.78 is 5.93. The van der Waals surface area contributed by atoms with Gasteiger partial charge in [0.2, 0.25) is 11.8 Å². The van der Waals surface area contributed by atoms with Gasteiger partial charge in [-0.1, -0.05) is 48.0 Å². The molecule has 2 heterocycles. The summed E-state index contributed by atoms with van der Waals surface area (Å²) in [4.78, 5) is 25.5. The van der Waals surface area contributed by atoms with Crippen molar-refractivity contribution in [3.8, 4) is 11.6 Å². The number of rotatable bonds is 5. The zero-order valence-corrected chi connectivity index (χ0v) is 17.9. The van der Waals surface area contributed by atoms with Crippen LogP contribution in [0.15, 0.2) is 66.7 Å². The van der Waals surface area contributed by atoms with Crippen LogP contribution in [0, 0.1) is 13.8 Å². The van der Waals surface area contributed by atoms with Crippen molar-refractivity contribution in [1.82, 2.24) is 14.9 Å². The van der Waals surface area contributed by atoms with E-state index in [4.69, 9.17) is 4.74 Å². The molecule has 0 atom stereocenters. The van der Waals surface area contributed by atoms with Crippen LogP contribution in [0.3, 0.4) is 0 Å². The quantitative estimate of drug-likeness (QED) is 0.584. The molecule has 0 aliphatic carbocycles. The highest BCUT2D eigenvalue weighted by molar-refractivity contribution is 5.91. The Morgan fingerprint density at radius 2 is 1.65 bits per heavy atom. The molecule has 0 unspecified atom stereocenters. The predicted molar refractivity (Wildman–Crippen MR) is 122 cm³/mol. The van der Waals surface area contributed by atoms with Gasteiger partial charge in [-0.05, 0) is 37.6 Å². The molecule has 1 fully saturated rings. The van der Waals surface area contributed by atoms with E-state index >= 15 is 0 Å². The summed E-state index contributed by atoms with van der Waals surface area (Å²) in [7, 11) is 0. The van der Waals surface area contributed by atoms with Crippen molar-refractivity contribution in [1.29, 1.82) is 0 Å². The first kappa shape index (κ1) is 20.6. The monoisotopic (exact) mass is 414 g/mol. The van der Waals surface area contributed by atoms with Gasteiger partial charge < -0.3 is 14.5 Å². The van der Waals surface area contributed by atoms with E-state index in [-0.39, 0.29) is 5.91 Å². The summed E-state index contributed by atoms with van der Waals surface area (Å²) in [6.07, 6.45) is 3.50. The zero-order chi connectivity index (χ0) is 21.6. The van der Waals surface area contributed by atoms with Gasteiger partial charge in [0, 0.05) is 38.3 Å². The van der Waals surface area contributed by atoms with Gasteiger partial charge in [0.25, 0.3) is 0 Å². The Bertz CT molecular complexity index is 1060. The van der Waals surface area contributed by atoms with Crippen LogP contribution in [0.4, 0.5) is 5.82 Å². The molecule has 1 amide bonds. The van der Waals surface area contributed by atoms with Gasteiger partial charge in [-0.2, -0.15) is 4.98 Å². The number of carbonyl (C=O) groups is 1. The van der Waals surface area contributed by atoms with Crippen LogP contribution in [-0.2, 0) is 4.79 Å². The van der Waals surface area contributed by atoms with Crippen molar-refractivity contribution in [3.63, 3.8) is 0 Å². The molecule has 1 aliphatic rings. The molecular weight excluding hydrogens is 388 g/mol. The molecular formula is C25H26N4O2. The van der Waals surface area contributed by atoms with E-state index in [2.05, 4.69) is 14.9 Å². The third kappa shape index (κ3) is 5.48. The second-order valence-corrected chi connectivity index (χ2v) is 7.58. The highest BCUT2D eigenvalue weighted by Crippen LogP contribution is 2.24. The summed E-state index contributed by atoms with van der Waals surface area (Å²) in [5, 5.41) is 0. The van der Waals surface area contributed by atoms with Gasteiger partial charge in [-0.3, -0.25) is 4.79 Å². The Labute approximate surface area is 182 Å². The van der Waals surface area contributed by atoms with Crippen LogP contribution in [0.5, 0.6) is 11.6 Å². The van der Waals surface area contributed by atoms with Crippen molar-refractivity contribution in [2.45, 2.75) is 13.8 Å². The number of aromatic nitrogens is 2. The topological polar surface area (TPSA) is 58.6 Å². The molecule has 0 saturated carbocycles. The molecule has 2 aromatic carbocycles. The van der Waals surface area contributed by atoms with E-state index in [0.717, 1.165) is 17.1 Å². The Morgan fingerprint density at radius 3 is 2.35 bits per heavy atom. The largest absolute Gasteiger partial charge is 0.439 e. The smallest absolute Gasteiger partial charge is 0.246 e. The van der Waals surface area contributed by atoms with Gasteiger partial charge >= 0.3 is 0 Å². The minimum absolute atomic E-state index is 0.0331. The van der Waals surface area contributed by atoms with Gasteiger partial charge in [0.05, 0.1) is 0 Å². The average Bonchev–Trinajstić information content (AvgIpc) is 2.79. The van der Waals surface area contributed by atoms with E-state index < -0.39 is 0 Å². The summed E-state index contributed by atoms with van der Waals surface area (Å²) in [6.45, 7) is 6.62. The first-order chi connectivity index (χ1) is 15.1. The fraction of sp³-hybridized carbons (Fsp3) is 0.240. The standard InChI is InChI=1S/C25H26N4O2/c1-19-8-11-22(12-9-19)31-24-18-23(26-20(2)27-24)28-14-16-29(17-15-28)25(30)13-10-21-6-4-3-5-7-21/h3-13,18H,14-17H2,1-2H3/b13-10+. The Hall–Kier alpha value is -3.67. The number of hydrogen-bond donors (Lipinski definition) is 0. The van der Waals surface area contributed by atoms with E-state index in [1.165, 1.54) is 5.56 Å². The SMILES string of the molecule is Cc1ccc(Oc2cc(N3CCN(C(=O)/C=C/c4ccccc4)CC3)nc(C)n2)cc1. The molecule has 0 radical (unpaired) electrons. The second-order valence-electron chi connectivity index (χ2n) is 7.58. The second kappa shape index (κ2) is 9.43. The molecule has 3 aromatic rings. The molecule has 31 heavy (non-hydrogen) atoms. The van der Waals surface area contributed by atoms with Crippen LogP contribution >= 0.6 is 0 Å². The maximum atomic E-state index is 12.5. The molecule has 6 heteroatoms. The normalized spacial score (nSPS) is 14.1. The van der Waals surface area contributed by atoms with Gasteiger partial charge in [0.15, 0.2) is 0 Å². The molecule has 0 spiro atoms. The number of carbonyl (C=O) groups excluding carboxylic acids is 1. The van der Waals surface area contributed by atoms with Crippen LogP contribution in [0.25, 0.3) is 6.08 Å². The first-order valence-corrected chi connectivity index (χ1v) is 10.4. The summed E-state index contributed by atoms with van der Waals surface area (Å²) in [6, 6.07) is 19.6. The van der Waals surface area contributed by atoms with Crippen molar-refractivity contribution < 1.29 is 9.53 Å². The number of benzene rings is 2. The van der Waals surface area contributed by atoms with E-state index in [0.29, 0.717) is 37.9 Å². The van der Waals surface area contributed by atoms with E-state index in [9.17, 15) is 4.79 Å². The van der Waals surface area contributed by atoms with Crippen molar-refractivity contribution in [3.05, 3.63) is 83.7 Å². The first-order valence-electron chi connectivity index (χ1n) is 10.4. The van der Waals surface area contributed by atoms with E-state index in [1.54, 1.807) is 6.08 Å². The lowest BCUT2D eigenvalue weighted by Crippen LogP contribution is -2.48. The minimum atomic E-state index is 0.0331. The zero-order valence-electron chi connectivity index (χ0n) is 17.9. The average molecular weight is 415 g/mol. The van der Waals surface area contributed by atoms with Crippen LogP contribution in [0.2, 0.25) is 0 Å². The molecule has 4 rings (SSSR count). The maximum Gasteiger partial charge on any atom is 0.246 e. The van der Waals surface area contributed by atoms with Crippen LogP contribution in [0.1, 0.15) is 17.0 Å². The molecule has 1 saturated heterocycles. The number of aryl methyl sites for hydroxylation is 2.